The van der Waals surface area contributed by atoms with E-state index in [0.29, 0.717) is 25.6 Å². The largest absolute Gasteiger partial charge is 0.340 e. The number of hydrogen-bond donors (Lipinski definition) is 0. The number of nitrogens with zero attached hydrogens (tertiary/aromatic N) is 4. The minimum atomic E-state index is -0.211. The Morgan fingerprint density at radius 3 is 2.64 bits per heavy atom. The Kier molecular flexibility index (Phi) is 7.03. The molecule has 0 bridgehead atoms. The van der Waals surface area contributed by atoms with Crippen molar-refractivity contribution in [3.63, 3.8) is 0 Å². The van der Waals surface area contributed by atoms with Gasteiger partial charge in [0, 0.05) is 39.3 Å². The molecule has 152 valence electrons. The molecule has 2 aliphatic heterocycles. The molecule has 28 heavy (non-hydrogen) atoms. The van der Waals surface area contributed by atoms with Crippen LogP contribution in [-0.2, 0) is 11.3 Å². The third kappa shape index (κ3) is 5.09. The predicted octanol–water partition coefficient (Wildman–Crippen LogP) is 2.73. The Hall–Kier alpha value is -1.97. The zero-order valence-corrected chi connectivity index (χ0v) is 17.0. The fraction of sp³-hybridized carbons (Fsp3) is 0.636. The molecule has 2 saturated heterocycles. The topological polar surface area (TPSA) is 50.6 Å². The van der Waals surface area contributed by atoms with Crippen molar-refractivity contribution in [3.8, 4) is 6.07 Å². The summed E-state index contributed by atoms with van der Waals surface area (Å²) in [4.78, 5) is 19.5. The Morgan fingerprint density at radius 1 is 1.25 bits per heavy atom. The molecule has 0 spiro atoms. The molecule has 0 aromatic heterocycles. The quantitative estimate of drug-likeness (QED) is 0.781. The van der Waals surface area contributed by atoms with Crippen LogP contribution in [0.15, 0.2) is 24.3 Å². The Balaban J connectivity index is 1.52. The molecule has 2 atom stereocenters. The van der Waals surface area contributed by atoms with Crippen molar-refractivity contribution in [1.82, 2.24) is 14.7 Å². The number of piperidine rings is 1. The van der Waals surface area contributed by atoms with E-state index < -0.39 is 0 Å². The summed E-state index contributed by atoms with van der Waals surface area (Å²) in [6.45, 7) is 9.45. The van der Waals surface area contributed by atoms with Crippen molar-refractivity contribution in [3.05, 3.63) is 35.6 Å². The van der Waals surface area contributed by atoms with Gasteiger partial charge in [-0.05, 0) is 43.0 Å². The van der Waals surface area contributed by atoms with Gasteiger partial charge in [-0.3, -0.25) is 14.6 Å². The summed E-state index contributed by atoms with van der Waals surface area (Å²) in [6.07, 6.45) is 1.92. The molecule has 2 aliphatic rings. The summed E-state index contributed by atoms with van der Waals surface area (Å²) < 4.78 is 13.4. The summed E-state index contributed by atoms with van der Waals surface area (Å²) in [6, 6.07) is 9.04. The number of halogens is 1. The van der Waals surface area contributed by atoms with Crippen LogP contribution in [0.1, 0.15) is 32.3 Å². The standard InChI is InChI=1S/C22H31FN4O/c1-17(2)21(14-24)26-9-11-27(12-10-26)22(28)19-6-4-8-25(16-19)15-18-5-3-7-20(23)13-18/h3,5,7,13,17,19,21H,4,6,8-12,15-16H2,1-2H3. The van der Waals surface area contributed by atoms with Crippen LogP contribution in [0.2, 0.25) is 0 Å². The maximum atomic E-state index is 13.4. The molecule has 0 saturated carbocycles. The van der Waals surface area contributed by atoms with Crippen molar-refractivity contribution in [1.29, 1.82) is 5.26 Å². The van der Waals surface area contributed by atoms with E-state index in [1.54, 1.807) is 12.1 Å². The average Bonchev–Trinajstić information content (AvgIpc) is 2.68. The van der Waals surface area contributed by atoms with Crippen LogP contribution in [0.4, 0.5) is 4.39 Å². The van der Waals surface area contributed by atoms with Gasteiger partial charge in [-0.1, -0.05) is 26.0 Å². The summed E-state index contributed by atoms with van der Waals surface area (Å²) in [5.74, 6) is 0.339. The molecule has 1 aromatic rings. The van der Waals surface area contributed by atoms with E-state index in [1.807, 2.05) is 11.0 Å². The third-order valence-corrected chi connectivity index (χ3v) is 5.93. The smallest absolute Gasteiger partial charge is 0.227 e. The van der Waals surface area contributed by atoms with Gasteiger partial charge in [0.1, 0.15) is 11.9 Å². The molecular weight excluding hydrogens is 355 g/mol. The Labute approximate surface area is 167 Å². The van der Waals surface area contributed by atoms with Crippen molar-refractivity contribution in [2.24, 2.45) is 11.8 Å². The van der Waals surface area contributed by atoms with Crippen LogP contribution < -0.4 is 0 Å². The molecule has 2 unspecified atom stereocenters. The number of nitriles is 1. The van der Waals surface area contributed by atoms with Crippen LogP contribution in [0.25, 0.3) is 0 Å². The van der Waals surface area contributed by atoms with E-state index in [-0.39, 0.29) is 23.7 Å². The summed E-state index contributed by atoms with van der Waals surface area (Å²) >= 11 is 0. The molecule has 0 aliphatic carbocycles. The lowest BCUT2D eigenvalue weighted by molar-refractivity contribution is -0.139. The second kappa shape index (κ2) is 9.49. The Morgan fingerprint density at radius 2 is 2.00 bits per heavy atom. The number of amides is 1. The minimum Gasteiger partial charge on any atom is -0.340 e. The van der Waals surface area contributed by atoms with E-state index in [1.165, 1.54) is 6.07 Å². The highest BCUT2D eigenvalue weighted by atomic mass is 19.1. The maximum absolute atomic E-state index is 13.4. The molecule has 0 N–H and O–H groups in total. The van der Waals surface area contributed by atoms with Gasteiger partial charge >= 0.3 is 0 Å². The fourth-order valence-corrected chi connectivity index (χ4v) is 4.43. The number of benzene rings is 1. The first-order chi connectivity index (χ1) is 13.5. The van der Waals surface area contributed by atoms with Gasteiger partial charge in [0.2, 0.25) is 5.91 Å². The van der Waals surface area contributed by atoms with Crippen LogP contribution >= 0.6 is 0 Å². The van der Waals surface area contributed by atoms with Crippen LogP contribution in [-0.4, -0.2) is 65.9 Å². The van der Waals surface area contributed by atoms with Crippen LogP contribution in [0.5, 0.6) is 0 Å². The van der Waals surface area contributed by atoms with Gasteiger partial charge in [0.15, 0.2) is 0 Å². The zero-order valence-electron chi connectivity index (χ0n) is 17.0. The second-order valence-electron chi connectivity index (χ2n) is 8.38. The number of likely N-dealkylation sites (tertiary alicyclic amines) is 1. The molecule has 6 heteroatoms. The highest BCUT2D eigenvalue weighted by molar-refractivity contribution is 5.79. The highest BCUT2D eigenvalue weighted by Gasteiger charge is 2.33. The molecular formula is C22H31FN4O. The number of hydrogen-bond acceptors (Lipinski definition) is 4. The molecule has 3 rings (SSSR count). The van der Waals surface area contributed by atoms with E-state index in [0.717, 1.165) is 44.6 Å². The lowest BCUT2D eigenvalue weighted by Gasteiger charge is -2.40. The van der Waals surface area contributed by atoms with Crippen molar-refractivity contribution in [2.75, 3.05) is 39.3 Å². The molecule has 1 amide bonds. The molecule has 0 radical (unpaired) electrons. The van der Waals surface area contributed by atoms with Gasteiger partial charge in [-0.25, -0.2) is 4.39 Å². The normalized spacial score (nSPS) is 22.8. The first kappa shape index (κ1) is 20.8. The average molecular weight is 387 g/mol. The van der Waals surface area contributed by atoms with Gasteiger partial charge in [-0.15, -0.1) is 0 Å². The molecule has 2 fully saturated rings. The number of piperazine rings is 1. The predicted molar refractivity (Wildman–Crippen MR) is 107 cm³/mol. The monoisotopic (exact) mass is 386 g/mol. The number of carbonyl (C=O) groups excluding carboxylic acids is 1. The van der Waals surface area contributed by atoms with E-state index in [4.69, 9.17) is 0 Å². The second-order valence-corrected chi connectivity index (χ2v) is 8.38. The van der Waals surface area contributed by atoms with Crippen molar-refractivity contribution in [2.45, 2.75) is 39.3 Å². The van der Waals surface area contributed by atoms with E-state index >= 15 is 0 Å². The molecule has 5 nitrogen and oxygen atoms in total. The van der Waals surface area contributed by atoms with Gasteiger partial charge in [-0.2, -0.15) is 5.26 Å². The summed E-state index contributed by atoms with van der Waals surface area (Å²) in [5, 5.41) is 9.39. The lowest BCUT2D eigenvalue weighted by Crippen LogP contribution is -2.55. The highest BCUT2D eigenvalue weighted by Crippen LogP contribution is 2.22. The summed E-state index contributed by atoms with van der Waals surface area (Å²) in [7, 11) is 0. The van der Waals surface area contributed by atoms with Crippen LogP contribution in [0.3, 0.4) is 0 Å². The zero-order chi connectivity index (χ0) is 20.1. The Bertz CT molecular complexity index is 709. The van der Waals surface area contributed by atoms with Gasteiger partial charge < -0.3 is 4.90 Å². The summed E-state index contributed by atoms with van der Waals surface area (Å²) in [5.41, 5.74) is 0.956. The third-order valence-electron chi connectivity index (χ3n) is 5.93. The van der Waals surface area contributed by atoms with Crippen LogP contribution in [0, 0.1) is 29.0 Å². The van der Waals surface area contributed by atoms with E-state index in [9.17, 15) is 14.4 Å². The van der Waals surface area contributed by atoms with Crippen molar-refractivity contribution < 1.29 is 9.18 Å². The SMILES string of the molecule is CC(C)C(C#N)N1CCN(C(=O)C2CCCN(Cc3cccc(F)c3)C2)CC1. The van der Waals surface area contributed by atoms with E-state index in [2.05, 4.69) is 29.7 Å². The minimum absolute atomic E-state index is 0.0192. The first-order valence-corrected chi connectivity index (χ1v) is 10.4. The first-order valence-electron chi connectivity index (χ1n) is 10.4. The van der Waals surface area contributed by atoms with Crippen molar-refractivity contribution >= 4 is 5.91 Å². The molecule has 2 heterocycles. The fourth-order valence-electron chi connectivity index (χ4n) is 4.43. The number of rotatable bonds is 5. The number of carbonyl (C=O) groups is 1. The lowest BCUT2D eigenvalue weighted by atomic mass is 9.95. The molecule has 1 aromatic carbocycles. The van der Waals surface area contributed by atoms with Gasteiger partial charge in [0.25, 0.3) is 0 Å². The van der Waals surface area contributed by atoms with Gasteiger partial charge in [0.05, 0.1) is 12.0 Å². The maximum Gasteiger partial charge on any atom is 0.227 e.